The number of hydrogen-bond acceptors (Lipinski definition) is 2. The van der Waals surface area contributed by atoms with Crippen molar-refractivity contribution >= 4 is 11.3 Å². The van der Waals surface area contributed by atoms with E-state index in [4.69, 9.17) is 0 Å². The molecule has 2 atom stereocenters. The minimum atomic E-state index is 0.876. The second-order valence-electron chi connectivity index (χ2n) is 4.75. The van der Waals surface area contributed by atoms with E-state index in [0.29, 0.717) is 0 Å². The van der Waals surface area contributed by atoms with Gasteiger partial charge in [0.25, 0.3) is 0 Å². The summed E-state index contributed by atoms with van der Waals surface area (Å²) in [6, 6.07) is 3.13. The zero-order chi connectivity index (χ0) is 9.54. The van der Waals surface area contributed by atoms with Crippen molar-refractivity contribution in [1.82, 2.24) is 5.32 Å². The van der Waals surface area contributed by atoms with Crippen LogP contribution in [0.2, 0.25) is 0 Å². The monoisotopic (exact) mass is 207 g/mol. The van der Waals surface area contributed by atoms with Crippen LogP contribution >= 0.6 is 11.3 Å². The lowest BCUT2D eigenvalue weighted by Gasteiger charge is -2.01. The van der Waals surface area contributed by atoms with Gasteiger partial charge < -0.3 is 5.32 Å². The molecule has 1 aromatic rings. The Morgan fingerprint density at radius 3 is 3.00 bits per heavy atom. The van der Waals surface area contributed by atoms with Crippen LogP contribution in [0.25, 0.3) is 0 Å². The van der Waals surface area contributed by atoms with Gasteiger partial charge in [-0.2, -0.15) is 0 Å². The van der Waals surface area contributed by atoms with Gasteiger partial charge in [0.2, 0.25) is 0 Å². The van der Waals surface area contributed by atoms with Crippen LogP contribution in [0, 0.1) is 12.8 Å². The first kappa shape index (κ1) is 8.93. The van der Waals surface area contributed by atoms with Gasteiger partial charge in [-0.15, -0.1) is 11.3 Å². The van der Waals surface area contributed by atoms with E-state index in [1.165, 1.54) is 31.4 Å². The van der Waals surface area contributed by atoms with Crippen molar-refractivity contribution in [2.24, 2.45) is 5.92 Å². The Kier molecular flexibility index (Phi) is 2.14. The van der Waals surface area contributed by atoms with Gasteiger partial charge in [0, 0.05) is 10.9 Å². The summed E-state index contributed by atoms with van der Waals surface area (Å²) in [5.41, 5.74) is 1.51. The van der Waals surface area contributed by atoms with E-state index in [-0.39, 0.29) is 0 Å². The van der Waals surface area contributed by atoms with Crippen LogP contribution in [-0.4, -0.2) is 12.6 Å². The smallest absolute Gasteiger partial charge is 0.0109 e. The third-order valence-corrected chi connectivity index (χ3v) is 4.56. The molecular weight excluding hydrogens is 190 g/mol. The van der Waals surface area contributed by atoms with Gasteiger partial charge in [0.15, 0.2) is 0 Å². The van der Waals surface area contributed by atoms with Gasteiger partial charge in [-0.3, -0.25) is 0 Å². The molecule has 0 spiro atoms. The van der Waals surface area contributed by atoms with Crippen molar-refractivity contribution in [3.63, 3.8) is 0 Å². The molecule has 2 saturated carbocycles. The fourth-order valence-corrected chi connectivity index (χ4v) is 3.30. The molecule has 2 aliphatic carbocycles. The molecule has 3 rings (SSSR count). The van der Waals surface area contributed by atoms with Crippen molar-refractivity contribution in [2.75, 3.05) is 6.54 Å². The summed E-state index contributed by atoms with van der Waals surface area (Å²) in [5.74, 6) is 1.83. The average Bonchev–Trinajstić information content (AvgIpc) is 3.07. The Morgan fingerprint density at radius 2 is 2.36 bits per heavy atom. The predicted molar refractivity (Wildman–Crippen MR) is 60.9 cm³/mol. The highest BCUT2D eigenvalue weighted by Gasteiger charge is 2.40. The van der Waals surface area contributed by atoms with Crippen LogP contribution < -0.4 is 5.32 Å². The van der Waals surface area contributed by atoms with Crippen LogP contribution in [0.5, 0.6) is 0 Å². The molecule has 0 amide bonds. The molecule has 1 nitrogen and oxygen atoms in total. The minimum Gasteiger partial charge on any atom is -0.314 e. The normalized spacial score (nSPS) is 30.6. The van der Waals surface area contributed by atoms with Gasteiger partial charge in [-0.1, -0.05) is 0 Å². The summed E-state index contributed by atoms with van der Waals surface area (Å²) in [5, 5.41) is 5.87. The molecule has 2 fully saturated rings. The average molecular weight is 207 g/mol. The summed E-state index contributed by atoms with van der Waals surface area (Å²) in [6.07, 6.45) is 4.24. The first-order chi connectivity index (χ1) is 6.84. The largest absolute Gasteiger partial charge is 0.314 e. The van der Waals surface area contributed by atoms with Crippen molar-refractivity contribution in [3.8, 4) is 0 Å². The molecule has 0 aliphatic heterocycles. The number of rotatable bonds is 4. The van der Waals surface area contributed by atoms with E-state index in [1.54, 1.807) is 4.88 Å². The lowest BCUT2D eigenvalue weighted by molar-refractivity contribution is 0.624. The number of thiophene rings is 1. The minimum absolute atomic E-state index is 0.876. The number of hydrogen-bond donors (Lipinski definition) is 1. The van der Waals surface area contributed by atoms with Crippen LogP contribution in [0.4, 0.5) is 0 Å². The molecule has 2 aliphatic rings. The summed E-state index contributed by atoms with van der Waals surface area (Å²) in [6.45, 7) is 3.50. The van der Waals surface area contributed by atoms with Crippen molar-refractivity contribution < 1.29 is 0 Å². The molecule has 1 N–H and O–H groups in total. The van der Waals surface area contributed by atoms with Crippen LogP contribution in [0.3, 0.4) is 0 Å². The van der Waals surface area contributed by atoms with E-state index >= 15 is 0 Å². The molecule has 0 saturated heterocycles. The Hall–Kier alpha value is -0.340. The SMILES string of the molecule is Cc1ccsc1C1CC1CNC1CC1. The first-order valence-electron chi connectivity index (χ1n) is 5.62. The zero-order valence-corrected chi connectivity index (χ0v) is 9.44. The highest BCUT2D eigenvalue weighted by molar-refractivity contribution is 7.10. The quantitative estimate of drug-likeness (QED) is 0.800. The Bertz CT molecular complexity index is 327. The maximum absolute atomic E-state index is 3.63. The van der Waals surface area contributed by atoms with E-state index in [1.807, 2.05) is 11.3 Å². The Morgan fingerprint density at radius 1 is 1.50 bits per heavy atom. The van der Waals surface area contributed by atoms with Crippen LogP contribution in [-0.2, 0) is 0 Å². The molecule has 0 aromatic carbocycles. The number of nitrogens with one attached hydrogen (secondary N) is 1. The van der Waals surface area contributed by atoms with E-state index in [2.05, 4.69) is 23.7 Å². The van der Waals surface area contributed by atoms with E-state index < -0.39 is 0 Å². The maximum Gasteiger partial charge on any atom is 0.0109 e. The highest BCUT2D eigenvalue weighted by atomic mass is 32.1. The summed E-state index contributed by atoms with van der Waals surface area (Å²) < 4.78 is 0. The summed E-state index contributed by atoms with van der Waals surface area (Å²) in [4.78, 5) is 1.65. The molecule has 76 valence electrons. The van der Waals surface area contributed by atoms with Crippen molar-refractivity contribution in [2.45, 2.75) is 38.1 Å². The first-order valence-corrected chi connectivity index (χ1v) is 6.50. The highest BCUT2D eigenvalue weighted by Crippen LogP contribution is 2.50. The fourth-order valence-electron chi connectivity index (χ4n) is 2.16. The van der Waals surface area contributed by atoms with Gasteiger partial charge in [0.1, 0.15) is 0 Å². The predicted octanol–water partition coefficient (Wildman–Crippen LogP) is 2.91. The van der Waals surface area contributed by atoms with Crippen molar-refractivity contribution in [3.05, 3.63) is 21.9 Å². The van der Waals surface area contributed by atoms with Crippen LogP contribution in [0.1, 0.15) is 35.6 Å². The lowest BCUT2D eigenvalue weighted by atomic mass is 10.2. The Labute approximate surface area is 89.5 Å². The lowest BCUT2D eigenvalue weighted by Crippen LogP contribution is -2.19. The molecule has 14 heavy (non-hydrogen) atoms. The standard InChI is InChI=1S/C12H17NS/c1-8-4-5-14-12(8)11-6-9(11)7-13-10-2-3-10/h4-5,9-11,13H,2-3,6-7H2,1H3. The second-order valence-corrected chi connectivity index (χ2v) is 5.70. The molecule has 1 heterocycles. The zero-order valence-electron chi connectivity index (χ0n) is 8.62. The Balaban J connectivity index is 1.54. The molecular formula is C12H17NS. The van der Waals surface area contributed by atoms with Gasteiger partial charge in [-0.25, -0.2) is 0 Å². The molecule has 0 bridgehead atoms. The van der Waals surface area contributed by atoms with E-state index in [9.17, 15) is 0 Å². The topological polar surface area (TPSA) is 12.0 Å². The molecule has 2 heteroatoms. The molecule has 1 aromatic heterocycles. The van der Waals surface area contributed by atoms with Gasteiger partial charge in [-0.05, 0) is 61.6 Å². The second kappa shape index (κ2) is 3.35. The summed E-state index contributed by atoms with van der Waals surface area (Å²) in [7, 11) is 0. The third kappa shape index (κ3) is 1.73. The van der Waals surface area contributed by atoms with Gasteiger partial charge in [0.05, 0.1) is 0 Å². The van der Waals surface area contributed by atoms with E-state index in [0.717, 1.165) is 17.9 Å². The van der Waals surface area contributed by atoms with Gasteiger partial charge >= 0.3 is 0 Å². The third-order valence-electron chi connectivity index (χ3n) is 3.41. The molecule has 0 radical (unpaired) electrons. The summed E-state index contributed by atoms with van der Waals surface area (Å²) >= 11 is 1.95. The fraction of sp³-hybridized carbons (Fsp3) is 0.667. The molecule has 2 unspecified atom stereocenters. The maximum atomic E-state index is 3.63. The van der Waals surface area contributed by atoms with Crippen LogP contribution in [0.15, 0.2) is 11.4 Å². The number of aryl methyl sites for hydroxylation is 1. The van der Waals surface area contributed by atoms with Crippen molar-refractivity contribution in [1.29, 1.82) is 0 Å².